The van der Waals surface area contributed by atoms with Gasteiger partial charge in [0.2, 0.25) is 5.16 Å². The molecule has 0 atom stereocenters. The van der Waals surface area contributed by atoms with Crippen molar-refractivity contribution in [3.05, 3.63) is 6.33 Å². The molecule has 1 aliphatic rings. The lowest BCUT2D eigenvalue weighted by atomic mass is 9.96. The van der Waals surface area contributed by atoms with E-state index in [2.05, 4.69) is 30.5 Å². The van der Waals surface area contributed by atoms with Crippen molar-refractivity contribution in [2.75, 3.05) is 6.26 Å². The Balaban J connectivity index is 1.66. The largest absolute Gasteiger partial charge is 0.228 e. The Kier molecular flexibility index (Phi) is 4.45. The van der Waals surface area contributed by atoms with Crippen molar-refractivity contribution in [2.24, 2.45) is 0 Å². The van der Waals surface area contributed by atoms with Crippen LogP contribution in [0.25, 0.3) is 10.3 Å². The molecule has 23 heavy (non-hydrogen) atoms. The highest BCUT2D eigenvalue weighted by Crippen LogP contribution is 2.37. The first-order chi connectivity index (χ1) is 11.3. The van der Waals surface area contributed by atoms with Gasteiger partial charge in [-0.25, -0.2) is 19.6 Å². The summed E-state index contributed by atoms with van der Waals surface area (Å²) in [4.78, 5) is 13.2. The number of thioether (sulfide) groups is 1. The standard InChI is InChI=1S/C13H15N7S3/c1-21-13-16-10-9(22-13)11(15-7-14-10)23-12-17-18-19-20(12)8-5-3-2-4-6-8/h7-8H,2-6H2,1H3. The van der Waals surface area contributed by atoms with Crippen molar-refractivity contribution < 1.29 is 0 Å². The number of thiazole rings is 1. The third kappa shape index (κ3) is 3.07. The van der Waals surface area contributed by atoms with Crippen LogP contribution in [0.1, 0.15) is 38.1 Å². The number of aromatic nitrogens is 7. The van der Waals surface area contributed by atoms with E-state index in [9.17, 15) is 0 Å². The second-order valence-electron chi connectivity index (χ2n) is 5.32. The molecule has 1 fully saturated rings. The molecule has 3 heterocycles. The van der Waals surface area contributed by atoms with Crippen LogP contribution in [-0.4, -0.2) is 41.4 Å². The smallest absolute Gasteiger partial charge is 0.215 e. The second kappa shape index (κ2) is 6.70. The number of rotatable bonds is 4. The molecule has 1 saturated carbocycles. The van der Waals surface area contributed by atoms with Gasteiger partial charge in [-0.1, -0.05) is 31.0 Å². The zero-order valence-electron chi connectivity index (χ0n) is 12.5. The van der Waals surface area contributed by atoms with E-state index in [-0.39, 0.29) is 0 Å². The molecule has 0 bridgehead atoms. The van der Waals surface area contributed by atoms with E-state index in [0.717, 1.165) is 37.7 Å². The van der Waals surface area contributed by atoms with Crippen molar-refractivity contribution in [3.63, 3.8) is 0 Å². The molecule has 0 radical (unpaired) electrons. The van der Waals surface area contributed by atoms with Gasteiger partial charge in [-0.15, -0.1) is 16.4 Å². The van der Waals surface area contributed by atoms with Crippen molar-refractivity contribution in [1.29, 1.82) is 0 Å². The number of hydrogen-bond donors (Lipinski definition) is 0. The van der Waals surface area contributed by atoms with Gasteiger partial charge < -0.3 is 0 Å². The third-order valence-corrected chi connectivity index (χ3v) is 7.00. The van der Waals surface area contributed by atoms with Crippen molar-refractivity contribution in [2.45, 2.75) is 52.7 Å². The fraction of sp³-hybridized carbons (Fsp3) is 0.538. The topological polar surface area (TPSA) is 82.3 Å². The average molecular weight is 366 g/mol. The normalized spacial score (nSPS) is 16.2. The molecule has 3 aromatic rings. The highest BCUT2D eigenvalue weighted by atomic mass is 32.2. The van der Waals surface area contributed by atoms with Gasteiger partial charge in [0.15, 0.2) is 9.99 Å². The van der Waals surface area contributed by atoms with Crippen LogP contribution in [0.4, 0.5) is 0 Å². The lowest BCUT2D eigenvalue weighted by Gasteiger charge is -2.21. The van der Waals surface area contributed by atoms with Gasteiger partial charge in [0.05, 0.1) is 6.04 Å². The predicted molar refractivity (Wildman–Crippen MR) is 91.1 cm³/mol. The Morgan fingerprint density at radius 1 is 1.22 bits per heavy atom. The summed E-state index contributed by atoms with van der Waals surface area (Å²) >= 11 is 4.74. The van der Waals surface area contributed by atoms with E-state index >= 15 is 0 Å². The highest BCUT2D eigenvalue weighted by molar-refractivity contribution is 8.00. The summed E-state index contributed by atoms with van der Waals surface area (Å²) < 4.78 is 3.96. The van der Waals surface area contributed by atoms with Gasteiger partial charge in [0, 0.05) is 0 Å². The number of hydrogen-bond acceptors (Lipinski definition) is 9. The molecule has 0 N–H and O–H groups in total. The molecule has 0 unspecified atom stereocenters. The molecule has 0 amide bonds. The van der Waals surface area contributed by atoms with Crippen molar-refractivity contribution >= 4 is 45.2 Å². The summed E-state index contributed by atoms with van der Waals surface area (Å²) in [6, 6.07) is 0.404. The predicted octanol–water partition coefficient (Wildman–Crippen LogP) is 3.45. The maximum absolute atomic E-state index is 4.49. The zero-order valence-corrected chi connectivity index (χ0v) is 15.0. The van der Waals surface area contributed by atoms with Gasteiger partial charge in [-0.05, 0) is 41.3 Å². The fourth-order valence-electron chi connectivity index (χ4n) is 2.77. The van der Waals surface area contributed by atoms with Crippen LogP contribution >= 0.6 is 34.9 Å². The summed E-state index contributed by atoms with van der Waals surface area (Å²) in [6.07, 6.45) is 9.68. The van der Waals surface area contributed by atoms with Crippen LogP contribution in [0.15, 0.2) is 20.8 Å². The maximum Gasteiger partial charge on any atom is 0.215 e. The summed E-state index contributed by atoms with van der Waals surface area (Å²) in [7, 11) is 0. The number of fused-ring (bicyclic) bond motifs is 1. The quantitative estimate of drug-likeness (QED) is 0.513. The molecule has 0 spiro atoms. The fourth-order valence-corrected chi connectivity index (χ4v) is 5.23. The van der Waals surface area contributed by atoms with Crippen molar-refractivity contribution in [1.82, 2.24) is 35.2 Å². The Hall–Kier alpha value is -1.26. The van der Waals surface area contributed by atoms with Gasteiger partial charge in [-0.2, -0.15) is 0 Å². The highest BCUT2D eigenvalue weighted by Gasteiger charge is 2.22. The van der Waals surface area contributed by atoms with E-state index in [1.54, 1.807) is 29.4 Å². The minimum absolute atomic E-state index is 0.404. The summed E-state index contributed by atoms with van der Waals surface area (Å²) in [5.74, 6) is 0. The lowest BCUT2D eigenvalue weighted by Crippen LogP contribution is -2.15. The molecule has 4 rings (SSSR count). The van der Waals surface area contributed by atoms with Gasteiger partial charge in [0.1, 0.15) is 16.1 Å². The van der Waals surface area contributed by atoms with Crippen LogP contribution < -0.4 is 0 Å². The Labute approximate surface area is 145 Å². The molecule has 1 aliphatic carbocycles. The SMILES string of the molecule is CSc1nc2ncnc(Sc3nnnn3C3CCCCC3)c2s1. The molecular weight excluding hydrogens is 350 g/mol. The number of tetrazole rings is 1. The first-order valence-corrected chi connectivity index (χ1v) is 10.3. The lowest BCUT2D eigenvalue weighted by molar-refractivity contribution is 0.307. The Morgan fingerprint density at radius 2 is 2.09 bits per heavy atom. The molecule has 7 nitrogen and oxygen atoms in total. The number of nitrogens with zero attached hydrogens (tertiary/aromatic N) is 7. The zero-order chi connectivity index (χ0) is 15.6. The Morgan fingerprint density at radius 3 is 2.91 bits per heavy atom. The van der Waals surface area contributed by atoms with Gasteiger partial charge in [0.25, 0.3) is 0 Å². The van der Waals surface area contributed by atoms with E-state index in [1.165, 1.54) is 31.0 Å². The van der Waals surface area contributed by atoms with E-state index in [4.69, 9.17) is 0 Å². The Bertz CT molecular complexity index is 809. The minimum Gasteiger partial charge on any atom is -0.228 e. The third-order valence-electron chi connectivity index (χ3n) is 3.88. The molecule has 120 valence electrons. The van der Waals surface area contributed by atoms with Crippen molar-refractivity contribution in [3.8, 4) is 0 Å². The van der Waals surface area contributed by atoms with Gasteiger partial charge in [-0.3, -0.25) is 0 Å². The molecule has 3 aromatic heterocycles. The molecule has 0 aromatic carbocycles. The van der Waals surface area contributed by atoms with E-state index in [1.807, 2.05) is 10.9 Å². The van der Waals surface area contributed by atoms with Gasteiger partial charge >= 0.3 is 0 Å². The minimum atomic E-state index is 0.404. The first kappa shape index (κ1) is 15.3. The molecular formula is C13H15N7S3. The van der Waals surface area contributed by atoms with Crippen LogP contribution in [0.3, 0.4) is 0 Å². The molecule has 0 aliphatic heterocycles. The molecule has 10 heteroatoms. The average Bonchev–Trinajstić information content (AvgIpc) is 3.22. The molecule has 0 saturated heterocycles. The summed E-state index contributed by atoms with van der Waals surface area (Å²) in [5.41, 5.74) is 0.744. The first-order valence-electron chi connectivity index (χ1n) is 7.46. The van der Waals surface area contributed by atoms with Crippen LogP contribution in [0.2, 0.25) is 0 Å². The van der Waals surface area contributed by atoms with Crippen LogP contribution in [0, 0.1) is 0 Å². The van der Waals surface area contributed by atoms with E-state index < -0.39 is 0 Å². The van der Waals surface area contributed by atoms with Crippen LogP contribution in [-0.2, 0) is 0 Å². The maximum atomic E-state index is 4.49. The monoisotopic (exact) mass is 365 g/mol. The van der Waals surface area contributed by atoms with E-state index in [0.29, 0.717) is 6.04 Å². The summed E-state index contributed by atoms with van der Waals surface area (Å²) in [6.45, 7) is 0. The van der Waals surface area contributed by atoms with Crippen LogP contribution in [0.5, 0.6) is 0 Å². The second-order valence-corrected chi connectivity index (χ2v) is 8.32. The summed E-state index contributed by atoms with van der Waals surface area (Å²) in [5, 5.41) is 14.0.